The van der Waals surface area contributed by atoms with E-state index >= 15 is 0 Å². The first-order valence-electron chi connectivity index (χ1n) is 13.9. The second-order valence-corrected chi connectivity index (χ2v) is 12.5. The molecule has 3 aliphatic rings. The number of fused-ring (bicyclic) bond motifs is 2. The predicted octanol–water partition coefficient (Wildman–Crippen LogP) is 4.37. The third-order valence-electron chi connectivity index (χ3n) is 8.42. The van der Waals surface area contributed by atoms with Gasteiger partial charge in [-0.3, -0.25) is 4.79 Å². The first-order valence-corrected chi connectivity index (χ1v) is 15.1. The van der Waals surface area contributed by atoms with Gasteiger partial charge in [0.1, 0.15) is 5.65 Å². The molecule has 1 saturated heterocycles. The monoisotopic (exact) mass is 579 g/mol. The minimum absolute atomic E-state index is 0.114. The number of benzene rings is 1. The van der Waals surface area contributed by atoms with Crippen molar-refractivity contribution in [2.75, 3.05) is 19.7 Å². The molecule has 0 spiro atoms. The molecule has 10 heteroatoms. The molecule has 1 amide bonds. The maximum Gasteiger partial charge on any atom is 0.254 e. The molecular formula is C30H34ClN5O3S. The molecule has 1 saturated carbocycles. The number of β-amino-alcohol motifs (C(OH)–C–C–N with tert-alkyl or cyclic N) is 1. The van der Waals surface area contributed by atoms with Crippen LogP contribution in [0.2, 0.25) is 5.02 Å². The number of H-pyrrole nitrogens is 1. The highest BCUT2D eigenvalue weighted by Gasteiger charge is 2.33. The van der Waals surface area contributed by atoms with Crippen LogP contribution in [0.4, 0.5) is 0 Å². The fourth-order valence-corrected chi connectivity index (χ4v) is 7.21. The number of carbonyl (C=O) groups excluding carboxylic acids is 1. The zero-order valence-corrected chi connectivity index (χ0v) is 24.3. The Bertz CT molecular complexity index is 1560. The SMILES string of the molecule is CCc1[nH]c2nc(Sc3ccc4c(c3)CC(CO)=C(C)C(C(=O)N3CC(O)C3)=C4)nc(C3CCC(N)C3)c2c1Cl. The van der Waals surface area contributed by atoms with Crippen molar-refractivity contribution in [3.63, 3.8) is 0 Å². The van der Waals surface area contributed by atoms with E-state index < -0.39 is 6.10 Å². The lowest BCUT2D eigenvalue weighted by Crippen LogP contribution is -2.54. The van der Waals surface area contributed by atoms with Gasteiger partial charge in [0.05, 0.1) is 28.8 Å². The fraction of sp³-hybridized carbons (Fsp3) is 0.433. The summed E-state index contributed by atoms with van der Waals surface area (Å²) in [6.07, 6.45) is 5.61. The molecule has 3 heterocycles. The molecule has 3 aromatic rings. The van der Waals surface area contributed by atoms with Gasteiger partial charge in [0.2, 0.25) is 0 Å². The number of nitrogens with one attached hydrogen (secondary N) is 1. The Hall–Kier alpha value is -2.69. The van der Waals surface area contributed by atoms with Gasteiger partial charge >= 0.3 is 0 Å². The van der Waals surface area contributed by atoms with E-state index in [2.05, 4.69) is 18.0 Å². The maximum absolute atomic E-state index is 13.2. The minimum Gasteiger partial charge on any atom is -0.392 e. The van der Waals surface area contributed by atoms with Crippen LogP contribution in [0.5, 0.6) is 0 Å². The Morgan fingerprint density at radius 2 is 2.08 bits per heavy atom. The average Bonchev–Trinajstić information content (AvgIpc) is 3.46. The van der Waals surface area contributed by atoms with E-state index in [1.807, 2.05) is 25.1 Å². The summed E-state index contributed by atoms with van der Waals surface area (Å²) in [5, 5.41) is 22.1. The number of aromatic amines is 1. The summed E-state index contributed by atoms with van der Waals surface area (Å²) in [6, 6.07) is 6.30. The number of aryl methyl sites for hydroxylation is 1. The van der Waals surface area contributed by atoms with E-state index in [-0.39, 0.29) is 24.5 Å². The Balaban J connectivity index is 1.35. The average molecular weight is 580 g/mol. The molecular weight excluding hydrogens is 546 g/mol. The van der Waals surface area contributed by atoms with Gasteiger partial charge in [-0.15, -0.1) is 0 Å². The van der Waals surface area contributed by atoms with E-state index in [0.717, 1.165) is 75.3 Å². The number of halogens is 1. The number of aliphatic hydroxyl groups is 2. The third-order valence-corrected chi connectivity index (χ3v) is 9.69. The molecule has 2 aliphatic carbocycles. The number of nitrogens with two attached hydrogens (primary N) is 1. The molecule has 5 N–H and O–H groups in total. The standard InChI is InChI=1S/C30H34ClN5O3S/c1-3-24-26(31)25-27(17-4-6-20(32)9-17)34-30(35-28(25)33-24)40-22-7-5-16-11-23(29(39)36-12-21(38)13-36)15(2)19(14-37)8-18(16)10-22/h5,7,10-11,17,20-21,37-38H,3-4,6,8-9,12-14,32H2,1-2H3,(H,33,34,35). The van der Waals surface area contributed by atoms with Crippen LogP contribution in [-0.4, -0.2) is 67.8 Å². The van der Waals surface area contributed by atoms with Crippen molar-refractivity contribution in [2.24, 2.45) is 5.73 Å². The third kappa shape index (κ3) is 4.99. The van der Waals surface area contributed by atoms with Crippen LogP contribution < -0.4 is 5.73 Å². The van der Waals surface area contributed by atoms with Gasteiger partial charge in [-0.25, -0.2) is 9.97 Å². The van der Waals surface area contributed by atoms with Crippen molar-refractivity contribution in [1.82, 2.24) is 19.9 Å². The molecule has 1 aromatic carbocycles. The Morgan fingerprint density at radius 3 is 2.75 bits per heavy atom. The van der Waals surface area contributed by atoms with Gasteiger partial charge in [-0.05, 0) is 91.3 Å². The number of aromatic nitrogens is 3. The summed E-state index contributed by atoms with van der Waals surface area (Å²) < 4.78 is 0. The molecule has 2 atom stereocenters. The van der Waals surface area contributed by atoms with Crippen LogP contribution >= 0.6 is 23.4 Å². The number of nitrogens with zero attached hydrogens (tertiary/aromatic N) is 3. The van der Waals surface area contributed by atoms with E-state index in [0.29, 0.717) is 35.3 Å². The molecule has 0 radical (unpaired) electrons. The minimum atomic E-state index is -0.466. The second kappa shape index (κ2) is 10.9. The lowest BCUT2D eigenvalue weighted by molar-refractivity contribution is -0.136. The van der Waals surface area contributed by atoms with Crippen molar-refractivity contribution < 1.29 is 15.0 Å². The highest BCUT2D eigenvalue weighted by Crippen LogP contribution is 2.41. The number of amides is 1. The van der Waals surface area contributed by atoms with E-state index in [1.54, 1.807) is 4.90 Å². The first-order chi connectivity index (χ1) is 19.2. The molecule has 6 rings (SSSR count). The molecule has 2 fully saturated rings. The van der Waals surface area contributed by atoms with Gasteiger partial charge in [0.15, 0.2) is 5.16 Å². The Labute approximate surface area is 242 Å². The highest BCUT2D eigenvalue weighted by molar-refractivity contribution is 7.99. The quantitative estimate of drug-likeness (QED) is 0.319. The number of aliphatic hydroxyl groups excluding tert-OH is 2. The molecule has 1 aliphatic heterocycles. The number of rotatable bonds is 6. The van der Waals surface area contributed by atoms with Crippen LogP contribution in [0.3, 0.4) is 0 Å². The summed E-state index contributed by atoms with van der Waals surface area (Å²) in [4.78, 5) is 29.1. The normalized spacial score (nSPS) is 21.4. The van der Waals surface area contributed by atoms with Gasteiger partial charge in [-0.2, -0.15) is 0 Å². The molecule has 8 nitrogen and oxygen atoms in total. The lowest BCUT2D eigenvalue weighted by atomic mass is 9.98. The Morgan fingerprint density at radius 1 is 1.27 bits per heavy atom. The largest absolute Gasteiger partial charge is 0.392 e. The molecule has 2 aromatic heterocycles. The predicted molar refractivity (Wildman–Crippen MR) is 157 cm³/mol. The van der Waals surface area contributed by atoms with Crippen LogP contribution in [-0.2, 0) is 17.6 Å². The van der Waals surface area contributed by atoms with E-state index in [4.69, 9.17) is 27.3 Å². The fourth-order valence-electron chi connectivity index (χ4n) is 6.01. The van der Waals surface area contributed by atoms with Crippen LogP contribution in [0.25, 0.3) is 17.1 Å². The van der Waals surface area contributed by atoms with Crippen molar-refractivity contribution in [2.45, 2.75) is 74.1 Å². The van der Waals surface area contributed by atoms with Crippen molar-refractivity contribution >= 4 is 46.4 Å². The van der Waals surface area contributed by atoms with Crippen LogP contribution in [0.1, 0.15) is 61.5 Å². The second-order valence-electron chi connectivity index (χ2n) is 11.1. The van der Waals surface area contributed by atoms with Gasteiger partial charge in [0.25, 0.3) is 5.91 Å². The lowest BCUT2D eigenvalue weighted by Gasteiger charge is -2.36. The van der Waals surface area contributed by atoms with Gasteiger partial charge < -0.3 is 25.8 Å². The van der Waals surface area contributed by atoms with Gasteiger partial charge in [0, 0.05) is 41.2 Å². The van der Waals surface area contributed by atoms with Crippen molar-refractivity contribution in [3.8, 4) is 0 Å². The highest BCUT2D eigenvalue weighted by atomic mass is 35.5. The van der Waals surface area contributed by atoms with Crippen molar-refractivity contribution in [1.29, 1.82) is 0 Å². The number of carbonyl (C=O) groups is 1. The summed E-state index contributed by atoms with van der Waals surface area (Å²) in [6.45, 7) is 4.50. The molecule has 40 heavy (non-hydrogen) atoms. The smallest absolute Gasteiger partial charge is 0.254 e. The Kier molecular flexibility index (Phi) is 7.52. The molecule has 210 valence electrons. The summed E-state index contributed by atoms with van der Waals surface area (Å²) in [5.74, 6) is 0.135. The molecule has 2 unspecified atom stereocenters. The number of hydrogen-bond donors (Lipinski definition) is 4. The van der Waals surface area contributed by atoms with E-state index in [1.165, 1.54) is 11.8 Å². The van der Waals surface area contributed by atoms with Crippen molar-refractivity contribution in [3.05, 3.63) is 62.5 Å². The first kappa shape index (κ1) is 27.5. The summed E-state index contributed by atoms with van der Waals surface area (Å²) in [7, 11) is 0. The number of likely N-dealkylation sites (tertiary alicyclic amines) is 1. The molecule has 0 bridgehead atoms. The zero-order chi connectivity index (χ0) is 28.1. The zero-order valence-electron chi connectivity index (χ0n) is 22.7. The maximum atomic E-state index is 13.2. The van der Waals surface area contributed by atoms with Crippen LogP contribution in [0, 0.1) is 0 Å². The van der Waals surface area contributed by atoms with E-state index in [9.17, 15) is 15.0 Å². The van der Waals surface area contributed by atoms with Crippen LogP contribution in [0.15, 0.2) is 45.0 Å². The topological polar surface area (TPSA) is 128 Å². The summed E-state index contributed by atoms with van der Waals surface area (Å²) >= 11 is 8.27. The van der Waals surface area contributed by atoms with Gasteiger partial charge in [-0.1, -0.05) is 24.6 Å². The summed E-state index contributed by atoms with van der Waals surface area (Å²) in [5.41, 5.74) is 13.1. The number of hydrogen-bond acceptors (Lipinski definition) is 7.